The van der Waals surface area contributed by atoms with Gasteiger partial charge in [0.1, 0.15) is 10.8 Å². The molecule has 0 amide bonds. The summed E-state index contributed by atoms with van der Waals surface area (Å²) in [5.74, 6) is 0.635. The van der Waals surface area contributed by atoms with E-state index in [-0.39, 0.29) is 16.1 Å². The second-order valence-corrected chi connectivity index (χ2v) is 9.07. The number of nitrogens with one attached hydrogen (secondary N) is 1. The number of fused-ring (bicyclic) bond motifs is 1. The Morgan fingerprint density at radius 3 is 2.56 bits per heavy atom. The van der Waals surface area contributed by atoms with Crippen molar-refractivity contribution in [2.45, 2.75) is 13.5 Å². The van der Waals surface area contributed by atoms with E-state index in [4.69, 9.17) is 23.2 Å². The highest BCUT2D eigenvalue weighted by molar-refractivity contribution is 6.33. The van der Waals surface area contributed by atoms with Crippen LogP contribution in [0.1, 0.15) is 11.4 Å². The Morgan fingerprint density at radius 1 is 1.03 bits per heavy atom. The minimum absolute atomic E-state index is 0.126. The fourth-order valence-corrected chi connectivity index (χ4v) is 4.53. The topological polar surface area (TPSA) is 87.1 Å². The van der Waals surface area contributed by atoms with E-state index in [0.29, 0.717) is 52.8 Å². The number of benzene rings is 2. The Balaban J connectivity index is 1.30. The highest BCUT2D eigenvalue weighted by Gasteiger charge is 2.22. The number of piperazine rings is 1. The predicted octanol–water partition coefficient (Wildman–Crippen LogP) is 3.41. The van der Waals surface area contributed by atoms with Crippen LogP contribution in [0.4, 0.5) is 5.69 Å². The molecule has 3 heterocycles. The van der Waals surface area contributed by atoms with Gasteiger partial charge in [-0.25, -0.2) is 4.98 Å². The molecular formula is C24H22Cl2N6O2. The summed E-state index contributed by atoms with van der Waals surface area (Å²) in [5, 5.41) is 5.61. The largest absolute Gasteiger partial charge is 0.366 e. The third kappa shape index (κ3) is 4.32. The summed E-state index contributed by atoms with van der Waals surface area (Å²) in [5.41, 5.74) is 2.26. The molecule has 0 saturated carbocycles. The molecule has 2 aromatic carbocycles. The molecule has 10 heteroatoms. The molecule has 2 aromatic heterocycles. The molecule has 8 nitrogen and oxygen atoms in total. The van der Waals surface area contributed by atoms with Gasteiger partial charge in [0.25, 0.3) is 11.1 Å². The quantitative estimate of drug-likeness (QED) is 0.465. The predicted molar refractivity (Wildman–Crippen MR) is 134 cm³/mol. The van der Waals surface area contributed by atoms with Crippen LogP contribution in [0.5, 0.6) is 0 Å². The molecule has 34 heavy (non-hydrogen) atoms. The third-order valence-corrected chi connectivity index (χ3v) is 6.81. The van der Waals surface area contributed by atoms with Crippen molar-refractivity contribution in [3.8, 4) is 5.69 Å². The minimum atomic E-state index is -0.389. The van der Waals surface area contributed by atoms with Crippen molar-refractivity contribution >= 4 is 39.8 Å². The Labute approximate surface area is 205 Å². The van der Waals surface area contributed by atoms with Crippen molar-refractivity contribution in [1.29, 1.82) is 0 Å². The third-order valence-electron chi connectivity index (χ3n) is 6.05. The highest BCUT2D eigenvalue weighted by atomic mass is 35.5. The molecule has 4 aromatic rings. The average molecular weight is 497 g/mol. The molecule has 0 unspecified atom stereocenters. The zero-order valence-corrected chi connectivity index (χ0v) is 20.0. The molecule has 0 radical (unpaired) electrons. The van der Waals surface area contributed by atoms with E-state index in [0.717, 1.165) is 18.7 Å². The highest BCUT2D eigenvalue weighted by Crippen LogP contribution is 2.24. The van der Waals surface area contributed by atoms with Crippen LogP contribution in [0.3, 0.4) is 0 Å². The Kier molecular flexibility index (Phi) is 6.12. The summed E-state index contributed by atoms with van der Waals surface area (Å²) in [7, 11) is 0. The first-order valence-electron chi connectivity index (χ1n) is 10.9. The lowest BCUT2D eigenvalue weighted by molar-refractivity contribution is 0.244. The van der Waals surface area contributed by atoms with Gasteiger partial charge in [-0.05, 0) is 36.8 Å². The van der Waals surface area contributed by atoms with Crippen LogP contribution in [0, 0.1) is 6.92 Å². The van der Waals surface area contributed by atoms with Gasteiger partial charge in [-0.3, -0.25) is 14.5 Å². The standard InChI is InChI=1S/C24H22Cl2N6O2/c1-15-6-7-16(12-18(15)25)32-24(34)22(26)20(13-27-32)31-10-8-30(9-11-31)14-21-28-19-5-3-2-4-17(19)23(33)29-21/h2-7,12-13H,8-11,14H2,1H3,(H,28,29,33). The zero-order valence-electron chi connectivity index (χ0n) is 18.5. The maximum Gasteiger partial charge on any atom is 0.292 e. The van der Waals surface area contributed by atoms with E-state index in [1.54, 1.807) is 24.4 Å². The van der Waals surface area contributed by atoms with Gasteiger partial charge in [0, 0.05) is 31.2 Å². The van der Waals surface area contributed by atoms with E-state index < -0.39 is 0 Å². The number of rotatable bonds is 4. The van der Waals surface area contributed by atoms with Crippen LogP contribution < -0.4 is 16.0 Å². The number of aromatic amines is 1. The van der Waals surface area contributed by atoms with Crippen LogP contribution in [0.25, 0.3) is 16.6 Å². The first-order valence-corrected chi connectivity index (χ1v) is 11.7. The SMILES string of the molecule is Cc1ccc(-n2ncc(N3CCN(Cc4nc5ccccc5c(=O)[nH]4)CC3)c(Cl)c2=O)cc1Cl. The number of aromatic nitrogens is 4. The van der Waals surface area contributed by atoms with Crippen LogP contribution in [0.15, 0.2) is 58.3 Å². The maximum absolute atomic E-state index is 12.9. The van der Waals surface area contributed by atoms with Gasteiger partial charge in [0.05, 0.1) is 35.0 Å². The number of nitrogens with zero attached hydrogens (tertiary/aromatic N) is 5. The van der Waals surface area contributed by atoms with Crippen molar-refractivity contribution < 1.29 is 0 Å². The fourth-order valence-electron chi connectivity index (χ4n) is 4.11. The fraction of sp³-hybridized carbons (Fsp3) is 0.250. The zero-order chi connectivity index (χ0) is 23.8. The molecule has 0 bridgehead atoms. The van der Waals surface area contributed by atoms with Crippen molar-refractivity contribution in [2.75, 3.05) is 31.1 Å². The monoisotopic (exact) mass is 496 g/mol. The summed E-state index contributed by atoms with van der Waals surface area (Å²) in [6, 6.07) is 12.6. The van der Waals surface area contributed by atoms with Gasteiger partial charge in [-0.1, -0.05) is 41.4 Å². The molecular weight excluding hydrogens is 475 g/mol. The Hall–Kier alpha value is -3.20. The average Bonchev–Trinajstić information content (AvgIpc) is 2.83. The number of anilines is 1. The number of H-pyrrole nitrogens is 1. The molecule has 5 rings (SSSR count). The van der Waals surface area contributed by atoms with Crippen molar-refractivity contribution in [2.24, 2.45) is 0 Å². The molecule has 174 valence electrons. The molecule has 1 fully saturated rings. The molecule has 1 saturated heterocycles. The second kappa shape index (κ2) is 9.21. The number of hydrogen-bond acceptors (Lipinski definition) is 6. The van der Waals surface area contributed by atoms with Gasteiger partial charge >= 0.3 is 0 Å². The lowest BCUT2D eigenvalue weighted by atomic mass is 10.2. The van der Waals surface area contributed by atoms with Gasteiger partial charge in [-0.15, -0.1) is 0 Å². The van der Waals surface area contributed by atoms with Crippen LogP contribution in [-0.2, 0) is 6.54 Å². The van der Waals surface area contributed by atoms with E-state index in [1.165, 1.54) is 4.68 Å². The minimum Gasteiger partial charge on any atom is -0.366 e. The van der Waals surface area contributed by atoms with Crippen LogP contribution in [-0.4, -0.2) is 50.8 Å². The Bertz CT molecular complexity index is 1490. The summed E-state index contributed by atoms with van der Waals surface area (Å²) in [6.07, 6.45) is 1.62. The first kappa shape index (κ1) is 22.6. The molecule has 0 atom stereocenters. The Morgan fingerprint density at radius 2 is 1.79 bits per heavy atom. The molecule has 0 spiro atoms. The molecule has 1 N–H and O–H groups in total. The van der Waals surface area contributed by atoms with Gasteiger partial charge in [0.15, 0.2) is 0 Å². The van der Waals surface area contributed by atoms with E-state index in [1.807, 2.05) is 31.2 Å². The van der Waals surface area contributed by atoms with Crippen molar-refractivity contribution in [3.63, 3.8) is 0 Å². The first-order chi connectivity index (χ1) is 16.4. The molecule has 0 aliphatic carbocycles. The molecule has 1 aliphatic rings. The summed E-state index contributed by atoms with van der Waals surface area (Å²) < 4.78 is 1.26. The van der Waals surface area contributed by atoms with Crippen LogP contribution >= 0.6 is 23.2 Å². The summed E-state index contributed by atoms with van der Waals surface area (Å²) in [4.78, 5) is 37.0. The van der Waals surface area contributed by atoms with E-state index >= 15 is 0 Å². The van der Waals surface area contributed by atoms with E-state index in [2.05, 4.69) is 24.9 Å². The van der Waals surface area contributed by atoms with Gasteiger partial charge in [0.2, 0.25) is 0 Å². The van der Waals surface area contributed by atoms with E-state index in [9.17, 15) is 9.59 Å². The normalized spacial score (nSPS) is 14.6. The number of para-hydroxylation sites is 1. The van der Waals surface area contributed by atoms with Crippen molar-refractivity contribution in [1.82, 2.24) is 24.6 Å². The van der Waals surface area contributed by atoms with Gasteiger partial charge < -0.3 is 9.88 Å². The lowest BCUT2D eigenvalue weighted by Crippen LogP contribution is -2.47. The molecule has 1 aliphatic heterocycles. The van der Waals surface area contributed by atoms with Crippen molar-refractivity contribution in [3.05, 3.63) is 90.8 Å². The number of hydrogen-bond donors (Lipinski definition) is 1. The second-order valence-electron chi connectivity index (χ2n) is 8.29. The lowest BCUT2D eigenvalue weighted by Gasteiger charge is -2.35. The summed E-state index contributed by atoms with van der Waals surface area (Å²) >= 11 is 12.7. The smallest absolute Gasteiger partial charge is 0.292 e. The summed E-state index contributed by atoms with van der Waals surface area (Å²) in [6.45, 7) is 5.21. The maximum atomic E-state index is 12.9. The van der Waals surface area contributed by atoms with Crippen LogP contribution in [0.2, 0.25) is 10.0 Å². The number of aryl methyl sites for hydroxylation is 1. The van der Waals surface area contributed by atoms with Gasteiger partial charge in [-0.2, -0.15) is 9.78 Å². The number of halogens is 2.